The lowest BCUT2D eigenvalue weighted by molar-refractivity contribution is -0.600. The zero-order valence-electron chi connectivity index (χ0n) is 33.0. The van der Waals surface area contributed by atoms with Gasteiger partial charge in [-0.3, -0.25) is 0 Å². The topological polar surface area (TPSA) is 13.1 Å². The number of nitrogens with zero attached hydrogens (tertiary/aromatic N) is 1. The molecular formula is C50H57FNO+. The van der Waals surface area contributed by atoms with Gasteiger partial charge >= 0.3 is 0 Å². The first kappa shape index (κ1) is 41.9. The number of halogens is 1. The molecule has 2 aromatic carbocycles. The number of hydrogen-bond acceptors (Lipinski definition) is 1. The summed E-state index contributed by atoms with van der Waals surface area (Å²) in [5.74, 6) is 0.747. The van der Waals surface area contributed by atoms with Crippen LogP contribution in [0.25, 0.3) is 39.1 Å². The molecule has 1 unspecified atom stereocenters. The lowest BCUT2D eigenvalue weighted by Gasteiger charge is -2.19. The number of hydrogen-bond donors (Lipinski definition) is 0. The molecule has 0 saturated carbocycles. The van der Waals surface area contributed by atoms with E-state index >= 15 is 4.39 Å². The lowest BCUT2D eigenvalue weighted by atomic mass is 9.93. The number of allylic oxidation sites excluding steroid dienone is 19. The number of rotatable bonds is 13. The first-order chi connectivity index (χ1) is 25.6. The van der Waals surface area contributed by atoms with Gasteiger partial charge in [-0.2, -0.15) is 4.57 Å². The number of alkyl halides is 1. The van der Waals surface area contributed by atoms with Gasteiger partial charge in [0.15, 0.2) is 0 Å². The van der Waals surface area contributed by atoms with Crippen molar-refractivity contribution in [1.29, 1.82) is 0 Å². The maximum absolute atomic E-state index is 15.5. The average Bonchev–Trinajstić information content (AvgIpc) is 3.35. The molecular weight excluding hydrogens is 650 g/mol. The third-order valence-electron chi connectivity index (χ3n) is 8.69. The Kier molecular flexibility index (Phi) is 16.2. The van der Waals surface area contributed by atoms with E-state index in [1.807, 2.05) is 88.4 Å². The molecule has 0 N–H and O–H groups in total. The van der Waals surface area contributed by atoms with Crippen LogP contribution < -0.4 is 9.30 Å². The van der Waals surface area contributed by atoms with Gasteiger partial charge in [0.05, 0.1) is 7.11 Å². The van der Waals surface area contributed by atoms with Crippen LogP contribution in [-0.4, -0.2) is 12.8 Å². The Morgan fingerprint density at radius 1 is 0.830 bits per heavy atom. The van der Waals surface area contributed by atoms with Gasteiger partial charge in [0.25, 0.3) is 0 Å². The Balaban J connectivity index is 0.00000372. The van der Waals surface area contributed by atoms with Crippen molar-refractivity contribution < 1.29 is 13.7 Å². The maximum atomic E-state index is 15.5. The monoisotopic (exact) mass is 706 g/mol. The highest BCUT2D eigenvalue weighted by atomic mass is 19.1. The van der Waals surface area contributed by atoms with E-state index in [4.69, 9.17) is 4.74 Å². The van der Waals surface area contributed by atoms with Crippen LogP contribution in [0, 0.1) is 0 Å². The summed E-state index contributed by atoms with van der Waals surface area (Å²) in [7, 11) is 1.71. The summed E-state index contributed by atoms with van der Waals surface area (Å²) < 4.78 is 24.0. The fourth-order valence-corrected chi connectivity index (χ4v) is 6.19. The van der Waals surface area contributed by atoms with E-state index in [2.05, 4.69) is 105 Å². The van der Waals surface area contributed by atoms with E-state index in [-0.39, 0.29) is 0 Å². The predicted octanol–water partition coefficient (Wildman–Crippen LogP) is 14.0. The van der Waals surface area contributed by atoms with Crippen molar-refractivity contribution in [2.45, 2.75) is 67.0 Å². The van der Waals surface area contributed by atoms with E-state index in [0.29, 0.717) is 12.8 Å². The van der Waals surface area contributed by atoms with Gasteiger partial charge in [0.2, 0.25) is 17.1 Å². The van der Waals surface area contributed by atoms with Gasteiger partial charge in [0.1, 0.15) is 11.4 Å². The molecule has 1 heterocycles. The van der Waals surface area contributed by atoms with Gasteiger partial charge in [-0.05, 0) is 69.4 Å². The van der Waals surface area contributed by atoms with Crippen molar-refractivity contribution in [3.63, 3.8) is 0 Å². The summed E-state index contributed by atoms with van der Waals surface area (Å²) in [5, 5.41) is 0. The molecule has 2 nitrogen and oxygen atoms in total. The molecule has 53 heavy (non-hydrogen) atoms. The minimum absolute atomic E-state index is 0.293. The van der Waals surface area contributed by atoms with Crippen LogP contribution in [0.1, 0.15) is 83.8 Å². The number of ether oxygens (including phenoxy) is 1. The van der Waals surface area contributed by atoms with Crippen molar-refractivity contribution in [3.05, 3.63) is 187 Å². The molecule has 0 bridgehead atoms. The maximum Gasteiger partial charge on any atom is 0.219 e. The molecule has 0 amide bonds. The molecule has 0 saturated heterocycles. The zero-order valence-corrected chi connectivity index (χ0v) is 33.0. The van der Waals surface area contributed by atoms with Crippen LogP contribution in [0.15, 0.2) is 165 Å². The van der Waals surface area contributed by atoms with Gasteiger partial charge < -0.3 is 4.74 Å². The normalized spacial score (nSPS) is 16.4. The molecule has 1 aliphatic carbocycles. The molecule has 0 fully saturated rings. The Labute approximate surface area is 319 Å². The molecule has 274 valence electrons. The summed E-state index contributed by atoms with van der Waals surface area (Å²) in [6.07, 6.45) is 28.5. The van der Waals surface area contributed by atoms with Crippen molar-refractivity contribution in [1.82, 2.24) is 0 Å². The van der Waals surface area contributed by atoms with Crippen LogP contribution >= 0.6 is 0 Å². The Morgan fingerprint density at radius 3 is 2.08 bits per heavy atom. The van der Waals surface area contributed by atoms with Gasteiger partial charge in [-0.25, -0.2) is 4.39 Å². The van der Waals surface area contributed by atoms with Crippen molar-refractivity contribution in [2.75, 3.05) is 7.11 Å². The highest BCUT2D eigenvalue weighted by molar-refractivity contribution is 5.88. The number of methoxy groups -OCH3 is 1. The number of benzene rings is 2. The molecule has 3 heteroatoms. The molecule has 0 radical (unpaired) electrons. The smallest absolute Gasteiger partial charge is 0.219 e. The zero-order chi connectivity index (χ0) is 39.0. The third-order valence-corrected chi connectivity index (χ3v) is 8.69. The highest BCUT2D eigenvalue weighted by Gasteiger charge is 2.30. The Hall–Kier alpha value is -5.54. The summed E-state index contributed by atoms with van der Waals surface area (Å²) in [4.78, 5) is 0. The quantitative estimate of drug-likeness (QED) is 0.127. The Morgan fingerprint density at radius 2 is 1.49 bits per heavy atom. The molecule has 4 rings (SSSR count). The van der Waals surface area contributed by atoms with Crippen molar-refractivity contribution in [2.24, 2.45) is 0 Å². The molecule has 1 aliphatic rings. The second-order valence-corrected chi connectivity index (χ2v) is 12.9. The van der Waals surface area contributed by atoms with Crippen LogP contribution in [0.4, 0.5) is 4.39 Å². The van der Waals surface area contributed by atoms with Gasteiger partial charge in [-0.1, -0.05) is 148 Å². The van der Waals surface area contributed by atoms with E-state index in [1.165, 1.54) is 5.57 Å². The largest absolute Gasteiger partial charge is 0.495 e. The number of pyridine rings is 1. The van der Waals surface area contributed by atoms with E-state index in [9.17, 15) is 0 Å². The van der Waals surface area contributed by atoms with Gasteiger partial charge in [0, 0.05) is 53.0 Å². The number of aromatic nitrogens is 1. The average molecular weight is 707 g/mol. The molecule has 1 atom stereocenters. The standard InChI is InChI=1S/C48H51FNO.C2H6/c1-10-20-37(14-5)45-31-41(38-24-16-15-17-25-38)32-46(40-27-19-29-48(8,49)30-28-40)50(45)42-33-43(36(13-4)26-18-23-35(6)7)47(51-9)44(34-42)39(21-11-2)22-12-3;1-2/h10-28,31-34H,1-2,5,29-30H2,3-4,6-9H3;1-2H3/q+1;/b22-12-,26-18-,36-13+,37-20+,39-21+;. The second-order valence-electron chi connectivity index (χ2n) is 12.9. The van der Waals surface area contributed by atoms with Crippen LogP contribution in [-0.2, 0) is 0 Å². The molecule has 0 spiro atoms. The van der Waals surface area contributed by atoms with E-state index in [1.54, 1.807) is 26.2 Å². The van der Waals surface area contributed by atoms with Crippen LogP contribution in [0.3, 0.4) is 0 Å². The summed E-state index contributed by atoms with van der Waals surface area (Å²) in [6.45, 7) is 26.1. The second kappa shape index (κ2) is 20.5. The summed E-state index contributed by atoms with van der Waals surface area (Å²) in [5.41, 5.74) is 10.3. The molecule has 0 aliphatic heterocycles. The molecule has 3 aromatic rings. The predicted molar refractivity (Wildman–Crippen MR) is 231 cm³/mol. The fourth-order valence-electron chi connectivity index (χ4n) is 6.19. The van der Waals surface area contributed by atoms with Crippen LogP contribution in [0.2, 0.25) is 0 Å². The SMILES string of the molecule is C=C/C=C(\C=C/C)c1cc(-[n+]2c(C3=CCC(C)(F)CC=C3)cc(-c3ccccc3)cc2/C(C=C)=C/C=C)cc(C(/C=C\C=C(C)C)=C/C)c1OC.CC. The summed E-state index contributed by atoms with van der Waals surface area (Å²) in [6, 6.07) is 19.1. The van der Waals surface area contributed by atoms with E-state index in [0.717, 1.165) is 67.4 Å². The first-order valence-corrected chi connectivity index (χ1v) is 18.4. The molecule has 1 aromatic heterocycles. The summed E-state index contributed by atoms with van der Waals surface area (Å²) >= 11 is 0. The Bertz CT molecular complexity index is 2020. The van der Waals surface area contributed by atoms with Crippen LogP contribution in [0.5, 0.6) is 5.75 Å². The highest BCUT2D eigenvalue weighted by Crippen LogP contribution is 2.39. The van der Waals surface area contributed by atoms with Gasteiger partial charge in [-0.15, -0.1) is 0 Å². The fraction of sp³-hybridized carbons (Fsp3) is 0.220. The minimum Gasteiger partial charge on any atom is -0.495 e. The minimum atomic E-state index is -1.34. The van der Waals surface area contributed by atoms with Crippen molar-refractivity contribution in [3.8, 4) is 22.6 Å². The van der Waals surface area contributed by atoms with E-state index < -0.39 is 5.67 Å². The van der Waals surface area contributed by atoms with Crippen molar-refractivity contribution >= 4 is 22.3 Å². The lowest BCUT2D eigenvalue weighted by Crippen LogP contribution is -2.40. The first-order valence-electron chi connectivity index (χ1n) is 18.4. The third kappa shape index (κ3) is 10.7.